The number of carbonyl (C=O) groups is 1. The molecule has 3 rings (SSSR count). The van der Waals surface area contributed by atoms with Crippen molar-refractivity contribution in [1.82, 2.24) is 14.5 Å². The van der Waals surface area contributed by atoms with Crippen LogP contribution in [0.25, 0.3) is 0 Å². The van der Waals surface area contributed by atoms with E-state index in [2.05, 4.69) is 9.55 Å². The Kier molecular flexibility index (Phi) is 4.05. The first-order chi connectivity index (χ1) is 10.6. The van der Waals surface area contributed by atoms with Gasteiger partial charge in [0.15, 0.2) is 0 Å². The number of amides is 1. The van der Waals surface area contributed by atoms with Crippen molar-refractivity contribution in [1.29, 1.82) is 0 Å². The highest BCUT2D eigenvalue weighted by atomic mass is 16.3. The van der Waals surface area contributed by atoms with E-state index in [9.17, 15) is 4.79 Å². The van der Waals surface area contributed by atoms with Crippen LogP contribution < -0.4 is 0 Å². The van der Waals surface area contributed by atoms with Crippen LogP contribution in [0.4, 0.5) is 0 Å². The fraction of sp³-hybridized carbons (Fsp3) is 0.529. The maximum Gasteiger partial charge on any atom is 0.230 e. The number of likely N-dealkylation sites (tertiary alicyclic amines) is 1. The third kappa shape index (κ3) is 2.80. The molecule has 0 N–H and O–H groups in total. The lowest BCUT2D eigenvalue weighted by atomic mass is 9.97. The lowest BCUT2D eigenvalue weighted by molar-refractivity contribution is -0.134. The van der Waals surface area contributed by atoms with Gasteiger partial charge < -0.3 is 13.9 Å². The van der Waals surface area contributed by atoms with Crippen LogP contribution in [0, 0.1) is 13.8 Å². The molecule has 0 saturated carbocycles. The number of rotatable bonds is 3. The van der Waals surface area contributed by atoms with Crippen molar-refractivity contribution in [2.75, 3.05) is 13.1 Å². The fourth-order valence-electron chi connectivity index (χ4n) is 3.37. The standard InChI is InChI=1S/C17H23N3O2/c1-12-9-16(14(3)22-12)13(2)17(21)19-7-4-5-15(10-19)20-8-6-18-11-20/h6,8-9,11,13,15H,4-5,7,10H2,1-3H3/t13-,15+/m0/s1. The van der Waals surface area contributed by atoms with E-state index in [0.717, 1.165) is 43.0 Å². The average molecular weight is 301 g/mol. The molecule has 3 heterocycles. The summed E-state index contributed by atoms with van der Waals surface area (Å²) in [5.41, 5.74) is 1.01. The van der Waals surface area contributed by atoms with Gasteiger partial charge in [-0.15, -0.1) is 0 Å². The van der Waals surface area contributed by atoms with E-state index in [1.54, 1.807) is 6.20 Å². The van der Waals surface area contributed by atoms with Crippen LogP contribution in [0.15, 0.2) is 29.2 Å². The molecule has 1 amide bonds. The Bertz CT molecular complexity index is 645. The highest BCUT2D eigenvalue weighted by molar-refractivity contribution is 5.83. The van der Waals surface area contributed by atoms with E-state index in [1.165, 1.54) is 0 Å². The Balaban J connectivity index is 1.72. The van der Waals surface area contributed by atoms with Crippen LogP contribution >= 0.6 is 0 Å². The van der Waals surface area contributed by atoms with E-state index in [1.807, 2.05) is 44.3 Å². The van der Waals surface area contributed by atoms with Crippen LogP contribution in [0.2, 0.25) is 0 Å². The lowest BCUT2D eigenvalue weighted by Crippen LogP contribution is -2.42. The minimum Gasteiger partial charge on any atom is -0.466 e. The van der Waals surface area contributed by atoms with Crippen molar-refractivity contribution >= 4 is 5.91 Å². The minimum absolute atomic E-state index is 0.154. The Labute approximate surface area is 130 Å². The number of aromatic nitrogens is 2. The van der Waals surface area contributed by atoms with Gasteiger partial charge in [-0.25, -0.2) is 4.98 Å². The third-order valence-electron chi connectivity index (χ3n) is 4.57. The number of nitrogens with zero attached hydrogens (tertiary/aromatic N) is 3. The summed E-state index contributed by atoms with van der Waals surface area (Å²) in [5, 5.41) is 0. The molecule has 0 aliphatic carbocycles. The molecule has 0 aromatic carbocycles. The highest BCUT2D eigenvalue weighted by Gasteiger charge is 2.29. The van der Waals surface area contributed by atoms with Gasteiger partial charge in [0.25, 0.3) is 0 Å². The summed E-state index contributed by atoms with van der Waals surface area (Å²) in [7, 11) is 0. The van der Waals surface area contributed by atoms with Gasteiger partial charge in [-0.2, -0.15) is 0 Å². The van der Waals surface area contributed by atoms with Gasteiger partial charge in [0.05, 0.1) is 18.3 Å². The largest absolute Gasteiger partial charge is 0.466 e. The van der Waals surface area contributed by atoms with Gasteiger partial charge >= 0.3 is 0 Å². The van der Waals surface area contributed by atoms with Crippen LogP contribution in [0.3, 0.4) is 0 Å². The first-order valence-corrected chi connectivity index (χ1v) is 7.89. The van der Waals surface area contributed by atoms with Crippen molar-refractivity contribution in [2.24, 2.45) is 0 Å². The van der Waals surface area contributed by atoms with Gasteiger partial charge in [0, 0.05) is 31.0 Å². The summed E-state index contributed by atoms with van der Waals surface area (Å²) >= 11 is 0. The van der Waals surface area contributed by atoms with E-state index >= 15 is 0 Å². The number of hydrogen-bond acceptors (Lipinski definition) is 3. The summed E-state index contributed by atoms with van der Waals surface area (Å²) in [4.78, 5) is 18.9. The van der Waals surface area contributed by atoms with Gasteiger partial charge in [-0.05, 0) is 39.7 Å². The van der Waals surface area contributed by atoms with Crippen LogP contribution in [-0.2, 0) is 4.79 Å². The third-order valence-corrected chi connectivity index (χ3v) is 4.57. The maximum absolute atomic E-state index is 12.8. The highest BCUT2D eigenvalue weighted by Crippen LogP contribution is 2.28. The number of furan rings is 1. The summed E-state index contributed by atoms with van der Waals surface area (Å²) < 4.78 is 7.68. The Morgan fingerprint density at radius 1 is 1.45 bits per heavy atom. The molecule has 1 aliphatic heterocycles. The predicted molar refractivity (Wildman–Crippen MR) is 83.7 cm³/mol. The monoisotopic (exact) mass is 301 g/mol. The quantitative estimate of drug-likeness (QED) is 0.875. The molecule has 0 bridgehead atoms. The van der Waals surface area contributed by atoms with Crippen LogP contribution in [0.1, 0.15) is 48.8 Å². The van der Waals surface area contributed by atoms with E-state index < -0.39 is 0 Å². The van der Waals surface area contributed by atoms with E-state index in [0.29, 0.717) is 6.04 Å². The van der Waals surface area contributed by atoms with Crippen molar-refractivity contribution in [3.8, 4) is 0 Å². The zero-order chi connectivity index (χ0) is 15.7. The minimum atomic E-state index is -0.154. The molecule has 1 aliphatic rings. The maximum atomic E-state index is 12.8. The molecule has 0 unspecified atom stereocenters. The van der Waals surface area contributed by atoms with Crippen molar-refractivity contribution < 1.29 is 9.21 Å². The first-order valence-electron chi connectivity index (χ1n) is 7.89. The molecular formula is C17H23N3O2. The summed E-state index contributed by atoms with van der Waals surface area (Å²) in [5.74, 6) is 1.75. The van der Waals surface area contributed by atoms with Crippen LogP contribution in [0.5, 0.6) is 0 Å². The number of aryl methyl sites for hydroxylation is 2. The van der Waals surface area contributed by atoms with Gasteiger partial charge in [-0.3, -0.25) is 4.79 Å². The average Bonchev–Trinajstić information content (AvgIpc) is 3.15. The van der Waals surface area contributed by atoms with Crippen molar-refractivity contribution in [3.63, 3.8) is 0 Å². The molecule has 5 heteroatoms. The molecule has 2 atom stereocenters. The second-order valence-electron chi connectivity index (χ2n) is 6.18. The normalized spacial score (nSPS) is 20.1. The summed E-state index contributed by atoms with van der Waals surface area (Å²) in [6.45, 7) is 7.42. The lowest BCUT2D eigenvalue weighted by Gasteiger charge is -2.34. The topological polar surface area (TPSA) is 51.3 Å². The summed E-state index contributed by atoms with van der Waals surface area (Å²) in [6, 6.07) is 2.31. The zero-order valence-corrected chi connectivity index (χ0v) is 13.5. The van der Waals surface area contributed by atoms with E-state index in [-0.39, 0.29) is 11.8 Å². The van der Waals surface area contributed by atoms with Gasteiger partial charge in [0.1, 0.15) is 11.5 Å². The SMILES string of the molecule is Cc1cc([C@H](C)C(=O)N2CCC[C@@H](n3ccnc3)C2)c(C)o1. The predicted octanol–water partition coefficient (Wildman–Crippen LogP) is 3.06. The number of hydrogen-bond donors (Lipinski definition) is 0. The molecule has 1 saturated heterocycles. The van der Waals surface area contributed by atoms with Gasteiger partial charge in [-0.1, -0.05) is 0 Å². The molecule has 2 aromatic rings. The number of carbonyl (C=O) groups excluding carboxylic acids is 1. The molecule has 5 nitrogen and oxygen atoms in total. The smallest absolute Gasteiger partial charge is 0.230 e. The molecule has 22 heavy (non-hydrogen) atoms. The fourth-order valence-corrected chi connectivity index (χ4v) is 3.37. The molecular weight excluding hydrogens is 278 g/mol. The molecule has 2 aromatic heterocycles. The van der Waals surface area contributed by atoms with Gasteiger partial charge in [0.2, 0.25) is 5.91 Å². The Morgan fingerprint density at radius 3 is 2.91 bits per heavy atom. The van der Waals surface area contributed by atoms with E-state index in [4.69, 9.17) is 4.42 Å². The van der Waals surface area contributed by atoms with Crippen molar-refractivity contribution in [3.05, 3.63) is 41.9 Å². The van der Waals surface area contributed by atoms with Crippen LogP contribution in [-0.4, -0.2) is 33.4 Å². The zero-order valence-electron chi connectivity index (χ0n) is 13.5. The second-order valence-corrected chi connectivity index (χ2v) is 6.18. The molecule has 0 spiro atoms. The summed E-state index contributed by atoms with van der Waals surface area (Å²) in [6.07, 6.45) is 7.74. The Morgan fingerprint density at radius 2 is 2.27 bits per heavy atom. The molecule has 0 radical (unpaired) electrons. The molecule has 1 fully saturated rings. The first kappa shape index (κ1) is 14.9. The Hall–Kier alpha value is -2.04. The van der Waals surface area contributed by atoms with Crippen molar-refractivity contribution in [2.45, 2.75) is 45.6 Å². The second kappa shape index (κ2) is 5.99. The molecule has 118 valence electrons. The number of imidazole rings is 1. The number of piperidine rings is 1.